The van der Waals surface area contributed by atoms with Gasteiger partial charge in [-0.2, -0.15) is 0 Å². The van der Waals surface area contributed by atoms with Gasteiger partial charge in [-0.3, -0.25) is 9.10 Å². The SMILES string of the molecule is COc1ccccc1[C@@H](C)NC(=O)[C@H](C)N(c1ccccc1)S(C)(=O)=O. The molecule has 2 atom stereocenters. The molecular formula is C19H24N2O4S. The van der Waals surface area contributed by atoms with Crippen LogP contribution in [0.3, 0.4) is 0 Å². The molecule has 0 bridgehead atoms. The third kappa shape index (κ3) is 4.54. The summed E-state index contributed by atoms with van der Waals surface area (Å²) in [7, 11) is -2.06. The van der Waals surface area contributed by atoms with Crippen LogP contribution < -0.4 is 14.4 Å². The summed E-state index contributed by atoms with van der Waals surface area (Å²) in [6.07, 6.45) is 1.09. The molecule has 2 rings (SSSR count). The van der Waals surface area contributed by atoms with E-state index in [0.717, 1.165) is 16.1 Å². The predicted molar refractivity (Wildman–Crippen MR) is 103 cm³/mol. The van der Waals surface area contributed by atoms with Crippen LogP contribution in [0.15, 0.2) is 54.6 Å². The van der Waals surface area contributed by atoms with Crippen LogP contribution in [0.2, 0.25) is 0 Å². The largest absolute Gasteiger partial charge is 0.496 e. The predicted octanol–water partition coefficient (Wildman–Crippen LogP) is 2.73. The molecule has 7 heteroatoms. The Bertz CT molecular complexity index is 853. The zero-order valence-electron chi connectivity index (χ0n) is 15.3. The summed E-state index contributed by atoms with van der Waals surface area (Å²) < 4.78 is 31.0. The number of anilines is 1. The van der Waals surface area contributed by atoms with Crippen LogP contribution in [-0.2, 0) is 14.8 Å². The van der Waals surface area contributed by atoms with Crippen molar-refractivity contribution in [2.24, 2.45) is 0 Å². The first-order valence-electron chi connectivity index (χ1n) is 8.23. The highest BCUT2D eigenvalue weighted by Gasteiger charge is 2.30. The number of sulfonamides is 1. The minimum Gasteiger partial charge on any atom is -0.496 e. The fourth-order valence-corrected chi connectivity index (χ4v) is 3.99. The second-order valence-electron chi connectivity index (χ2n) is 6.04. The van der Waals surface area contributed by atoms with Crippen molar-refractivity contribution in [2.75, 3.05) is 17.7 Å². The summed E-state index contributed by atoms with van der Waals surface area (Å²) in [6, 6.07) is 14.7. The Morgan fingerprint density at radius 3 is 2.19 bits per heavy atom. The third-order valence-corrected chi connectivity index (χ3v) is 5.31. The van der Waals surface area contributed by atoms with Crippen LogP contribution in [0.1, 0.15) is 25.5 Å². The maximum Gasteiger partial charge on any atom is 0.244 e. The van der Waals surface area contributed by atoms with Gasteiger partial charge in [0.25, 0.3) is 0 Å². The molecule has 0 spiro atoms. The number of para-hydroxylation sites is 2. The Labute approximate surface area is 154 Å². The van der Waals surface area contributed by atoms with Crippen molar-refractivity contribution in [1.29, 1.82) is 0 Å². The first kappa shape index (κ1) is 19.8. The highest BCUT2D eigenvalue weighted by molar-refractivity contribution is 7.92. The second-order valence-corrected chi connectivity index (χ2v) is 7.90. The zero-order valence-corrected chi connectivity index (χ0v) is 16.2. The first-order chi connectivity index (χ1) is 12.3. The second kappa shape index (κ2) is 8.23. The van der Waals surface area contributed by atoms with Gasteiger partial charge in [0, 0.05) is 5.56 Å². The van der Waals surface area contributed by atoms with E-state index < -0.39 is 22.0 Å². The molecule has 2 aromatic rings. The Morgan fingerprint density at radius 1 is 1.04 bits per heavy atom. The molecule has 0 radical (unpaired) electrons. The van der Waals surface area contributed by atoms with Crippen molar-refractivity contribution >= 4 is 21.6 Å². The van der Waals surface area contributed by atoms with Gasteiger partial charge in [0.05, 0.1) is 25.1 Å². The fraction of sp³-hybridized carbons (Fsp3) is 0.316. The topological polar surface area (TPSA) is 75.7 Å². The third-order valence-electron chi connectivity index (χ3n) is 4.06. The van der Waals surface area contributed by atoms with Gasteiger partial charge in [0.1, 0.15) is 11.8 Å². The van der Waals surface area contributed by atoms with Crippen LogP contribution in [0.4, 0.5) is 5.69 Å². The number of carbonyl (C=O) groups is 1. The zero-order chi connectivity index (χ0) is 19.3. The van der Waals surface area contributed by atoms with E-state index in [2.05, 4.69) is 5.32 Å². The number of carbonyl (C=O) groups excluding carboxylic acids is 1. The van der Waals surface area contributed by atoms with Crippen molar-refractivity contribution in [3.63, 3.8) is 0 Å². The molecule has 0 heterocycles. The van der Waals surface area contributed by atoms with Gasteiger partial charge >= 0.3 is 0 Å². The van der Waals surface area contributed by atoms with E-state index in [9.17, 15) is 13.2 Å². The van der Waals surface area contributed by atoms with Gasteiger partial charge in [0.15, 0.2) is 0 Å². The van der Waals surface area contributed by atoms with Crippen molar-refractivity contribution in [3.05, 3.63) is 60.2 Å². The molecule has 1 amide bonds. The molecule has 0 fully saturated rings. The molecule has 6 nitrogen and oxygen atoms in total. The number of ether oxygens (including phenoxy) is 1. The van der Waals surface area contributed by atoms with E-state index in [1.165, 1.54) is 0 Å². The van der Waals surface area contributed by atoms with Crippen molar-refractivity contribution in [1.82, 2.24) is 5.32 Å². The van der Waals surface area contributed by atoms with Gasteiger partial charge in [-0.05, 0) is 32.0 Å². The number of nitrogens with zero attached hydrogens (tertiary/aromatic N) is 1. The molecule has 1 N–H and O–H groups in total. The van der Waals surface area contributed by atoms with E-state index in [1.807, 2.05) is 31.2 Å². The van der Waals surface area contributed by atoms with Gasteiger partial charge in [-0.1, -0.05) is 36.4 Å². The van der Waals surface area contributed by atoms with Crippen molar-refractivity contribution < 1.29 is 17.9 Å². The van der Waals surface area contributed by atoms with Crippen LogP contribution in [-0.4, -0.2) is 33.7 Å². The Kier molecular flexibility index (Phi) is 6.26. The highest BCUT2D eigenvalue weighted by Crippen LogP contribution is 2.25. The van der Waals surface area contributed by atoms with Gasteiger partial charge in [0.2, 0.25) is 15.9 Å². The van der Waals surface area contributed by atoms with Crippen LogP contribution >= 0.6 is 0 Å². The maximum absolute atomic E-state index is 12.7. The lowest BCUT2D eigenvalue weighted by molar-refractivity contribution is -0.122. The number of rotatable bonds is 7. The molecule has 0 saturated carbocycles. The quantitative estimate of drug-likeness (QED) is 0.806. The summed E-state index contributed by atoms with van der Waals surface area (Å²) in [6.45, 7) is 3.40. The van der Waals surface area contributed by atoms with E-state index in [1.54, 1.807) is 44.4 Å². The van der Waals surface area contributed by atoms with Crippen LogP contribution in [0.25, 0.3) is 0 Å². The highest BCUT2D eigenvalue weighted by atomic mass is 32.2. The molecular weight excluding hydrogens is 352 g/mol. The summed E-state index contributed by atoms with van der Waals surface area (Å²) >= 11 is 0. The lowest BCUT2D eigenvalue weighted by Crippen LogP contribution is -2.48. The standard InChI is InChI=1S/C19H24N2O4S/c1-14(17-12-8-9-13-18(17)25-3)20-19(22)15(2)21(26(4,23)24)16-10-6-5-7-11-16/h5-15H,1-4H3,(H,20,22)/t14-,15+/m1/s1. The molecule has 0 aliphatic heterocycles. The summed E-state index contributed by atoms with van der Waals surface area (Å²) in [5.74, 6) is 0.272. The Morgan fingerprint density at radius 2 is 1.62 bits per heavy atom. The van der Waals surface area contributed by atoms with Gasteiger partial charge in [-0.25, -0.2) is 8.42 Å². The number of amides is 1. The normalized spacial score (nSPS) is 13.5. The molecule has 0 aromatic heterocycles. The monoisotopic (exact) mass is 376 g/mol. The summed E-state index contributed by atoms with van der Waals surface area (Å²) in [4.78, 5) is 12.7. The van der Waals surface area contributed by atoms with Crippen LogP contribution in [0, 0.1) is 0 Å². The number of hydrogen-bond donors (Lipinski definition) is 1. The maximum atomic E-state index is 12.7. The lowest BCUT2D eigenvalue weighted by Gasteiger charge is -2.29. The minimum absolute atomic E-state index is 0.335. The summed E-state index contributed by atoms with van der Waals surface area (Å²) in [5, 5.41) is 2.87. The van der Waals surface area contributed by atoms with Gasteiger partial charge < -0.3 is 10.1 Å². The molecule has 26 heavy (non-hydrogen) atoms. The smallest absolute Gasteiger partial charge is 0.244 e. The van der Waals surface area contributed by atoms with Crippen LogP contribution in [0.5, 0.6) is 5.75 Å². The minimum atomic E-state index is -3.63. The molecule has 140 valence electrons. The Balaban J connectivity index is 2.24. The number of methoxy groups -OCH3 is 1. The van der Waals surface area contributed by atoms with E-state index in [4.69, 9.17) is 4.74 Å². The van der Waals surface area contributed by atoms with Crippen molar-refractivity contribution in [3.8, 4) is 5.75 Å². The lowest BCUT2D eigenvalue weighted by atomic mass is 10.1. The number of nitrogens with one attached hydrogen (secondary N) is 1. The average molecular weight is 376 g/mol. The average Bonchev–Trinajstić information content (AvgIpc) is 2.61. The summed E-state index contributed by atoms with van der Waals surface area (Å²) in [5.41, 5.74) is 1.27. The van der Waals surface area contributed by atoms with E-state index >= 15 is 0 Å². The fourth-order valence-electron chi connectivity index (χ4n) is 2.82. The molecule has 0 unspecified atom stereocenters. The number of benzene rings is 2. The Hall–Kier alpha value is -2.54. The number of hydrogen-bond acceptors (Lipinski definition) is 4. The molecule has 0 aliphatic rings. The molecule has 2 aromatic carbocycles. The molecule has 0 aliphatic carbocycles. The first-order valence-corrected chi connectivity index (χ1v) is 10.1. The van der Waals surface area contributed by atoms with Gasteiger partial charge in [-0.15, -0.1) is 0 Å². The van der Waals surface area contributed by atoms with Crippen molar-refractivity contribution in [2.45, 2.75) is 25.9 Å². The molecule has 0 saturated heterocycles. The van der Waals surface area contributed by atoms with E-state index in [0.29, 0.717) is 11.4 Å². The van der Waals surface area contributed by atoms with E-state index in [-0.39, 0.29) is 6.04 Å².